The summed E-state index contributed by atoms with van der Waals surface area (Å²) < 4.78 is 1.19. The summed E-state index contributed by atoms with van der Waals surface area (Å²) in [6.07, 6.45) is 0. The minimum atomic E-state index is 0.254. The summed E-state index contributed by atoms with van der Waals surface area (Å²) in [4.78, 5) is 4.45. The summed E-state index contributed by atoms with van der Waals surface area (Å²) in [7, 11) is 0. The molecule has 15 heavy (non-hydrogen) atoms. The number of aromatic nitrogens is 1. The number of nitrogens with one attached hydrogen (secondary N) is 1. The van der Waals surface area contributed by atoms with Gasteiger partial charge in [0.2, 0.25) is 0 Å². The fourth-order valence-electron chi connectivity index (χ4n) is 1.42. The predicted octanol–water partition coefficient (Wildman–Crippen LogP) is 2.57. The zero-order valence-corrected chi connectivity index (χ0v) is 10.1. The molecule has 1 heterocycles. The highest BCUT2D eigenvalue weighted by Gasteiger charge is 2.08. The summed E-state index contributed by atoms with van der Waals surface area (Å²) in [6.45, 7) is 4.12. The van der Waals surface area contributed by atoms with E-state index in [1.807, 2.05) is 6.92 Å². The van der Waals surface area contributed by atoms with Crippen molar-refractivity contribution >= 4 is 44.0 Å². The van der Waals surface area contributed by atoms with Gasteiger partial charge in [0.1, 0.15) is 0 Å². The van der Waals surface area contributed by atoms with Crippen LogP contribution in [0.15, 0.2) is 12.1 Å². The van der Waals surface area contributed by atoms with E-state index >= 15 is 0 Å². The summed E-state index contributed by atoms with van der Waals surface area (Å²) in [5, 5.41) is 3.88. The van der Waals surface area contributed by atoms with Crippen molar-refractivity contribution < 1.29 is 0 Å². The molecule has 0 spiro atoms. The van der Waals surface area contributed by atoms with Gasteiger partial charge >= 0.3 is 0 Å². The van der Waals surface area contributed by atoms with Gasteiger partial charge in [0.05, 0.1) is 10.2 Å². The van der Waals surface area contributed by atoms with Crippen LogP contribution in [0.3, 0.4) is 0 Å². The van der Waals surface area contributed by atoms with E-state index in [2.05, 4.69) is 29.4 Å². The second-order valence-electron chi connectivity index (χ2n) is 3.39. The second kappa shape index (κ2) is 3.75. The first-order valence-corrected chi connectivity index (χ1v) is 5.73. The number of rotatable bonds is 1. The number of thiazole rings is 1. The van der Waals surface area contributed by atoms with Crippen LogP contribution < -0.4 is 11.1 Å². The Hall–Kier alpha value is -1.20. The van der Waals surface area contributed by atoms with Gasteiger partial charge < -0.3 is 11.1 Å². The molecule has 0 amide bonds. The average molecular weight is 237 g/mol. The van der Waals surface area contributed by atoms with Gasteiger partial charge in [-0.05, 0) is 37.2 Å². The van der Waals surface area contributed by atoms with Gasteiger partial charge in [-0.25, -0.2) is 4.98 Å². The summed E-state index contributed by atoms with van der Waals surface area (Å²) in [5.74, 6) is 0. The summed E-state index contributed by atoms with van der Waals surface area (Å²) in [6, 6.07) is 4.17. The largest absolute Gasteiger partial charge is 0.376 e. The topological polar surface area (TPSA) is 50.9 Å². The number of aryl methyl sites for hydroxylation is 2. The number of hydrogen-bond acceptors (Lipinski definition) is 3. The molecule has 1 aromatic heterocycles. The molecular formula is C10H11N3S2. The third-order valence-corrected chi connectivity index (χ3v) is 3.38. The smallest absolute Gasteiger partial charge is 0.190 e. The Bertz CT molecular complexity index is 492. The van der Waals surface area contributed by atoms with Gasteiger partial charge in [-0.3, -0.25) is 0 Å². The molecule has 3 nitrogen and oxygen atoms in total. The zero-order chi connectivity index (χ0) is 11.0. The molecule has 0 radical (unpaired) electrons. The Kier molecular flexibility index (Phi) is 2.58. The number of nitrogens with zero attached hydrogens (tertiary/aromatic N) is 1. The lowest BCUT2D eigenvalue weighted by molar-refractivity contribution is 1.40. The van der Waals surface area contributed by atoms with Crippen molar-refractivity contribution in [3.63, 3.8) is 0 Å². The molecule has 0 fully saturated rings. The molecule has 0 unspecified atom stereocenters. The Morgan fingerprint density at radius 3 is 2.67 bits per heavy atom. The molecule has 1 aromatic carbocycles. The minimum absolute atomic E-state index is 0.254. The molecule has 0 aliphatic heterocycles. The van der Waals surface area contributed by atoms with E-state index in [0.29, 0.717) is 0 Å². The van der Waals surface area contributed by atoms with Gasteiger partial charge in [-0.15, -0.1) is 0 Å². The standard InChI is InChI=1S/C10H11N3S2/c1-5-3-4-6(2)8-7(5)12-10(15-8)13-9(11)14/h3-4H,1-2H3,(H3,11,12,13,14). The normalized spacial score (nSPS) is 10.5. The van der Waals surface area contributed by atoms with E-state index in [1.165, 1.54) is 15.8 Å². The third kappa shape index (κ3) is 1.93. The Labute approximate surface area is 97.3 Å². The first-order valence-electron chi connectivity index (χ1n) is 4.51. The van der Waals surface area contributed by atoms with Crippen LogP contribution in [-0.2, 0) is 0 Å². The maximum Gasteiger partial charge on any atom is 0.190 e. The Balaban J connectivity index is 2.59. The maximum absolute atomic E-state index is 5.41. The molecular weight excluding hydrogens is 226 g/mol. The molecule has 0 aliphatic rings. The highest BCUT2D eigenvalue weighted by atomic mass is 32.1. The molecule has 0 bridgehead atoms. The Morgan fingerprint density at radius 2 is 2.07 bits per heavy atom. The van der Waals surface area contributed by atoms with Crippen LogP contribution in [-0.4, -0.2) is 10.1 Å². The number of fused-ring (bicyclic) bond motifs is 1. The van der Waals surface area contributed by atoms with Crippen LogP contribution in [0.2, 0.25) is 0 Å². The molecule has 2 rings (SSSR count). The van der Waals surface area contributed by atoms with Gasteiger partial charge in [0, 0.05) is 0 Å². The minimum Gasteiger partial charge on any atom is -0.376 e. The quantitative estimate of drug-likeness (QED) is 0.748. The number of thiocarbonyl (C=S) groups is 1. The lowest BCUT2D eigenvalue weighted by Gasteiger charge is -1.96. The molecule has 0 aliphatic carbocycles. The van der Waals surface area contributed by atoms with Gasteiger partial charge in [-0.1, -0.05) is 23.5 Å². The number of nitrogens with two attached hydrogens (primary N) is 1. The summed E-state index contributed by atoms with van der Waals surface area (Å²) >= 11 is 6.36. The van der Waals surface area contributed by atoms with Crippen LogP contribution in [0.25, 0.3) is 10.2 Å². The van der Waals surface area contributed by atoms with E-state index in [9.17, 15) is 0 Å². The predicted molar refractivity (Wildman–Crippen MR) is 69.5 cm³/mol. The highest BCUT2D eigenvalue weighted by Crippen LogP contribution is 2.30. The number of benzene rings is 1. The van der Waals surface area contributed by atoms with Crippen molar-refractivity contribution in [1.29, 1.82) is 0 Å². The van der Waals surface area contributed by atoms with Crippen LogP contribution in [0.4, 0.5) is 5.13 Å². The maximum atomic E-state index is 5.41. The van der Waals surface area contributed by atoms with E-state index < -0.39 is 0 Å². The van der Waals surface area contributed by atoms with Gasteiger partial charge in [-0.2, -0.15) is 0 Å². The van der Waals surface area contributed by atoms with Crippen molar-refractivity contribution in [1.82, 2.24) is 4.98 Å². The van der Waals surface area contributed by atoms with Crippen LogP contribution in [0, 0.1) is 13.8 Å². The van der Waals surface area contributed by atoms with Crippen LogP contribution >= 0.6 is 23.6 Å². The fourth-order valence-corrected chi connectivity index (χ4v) is 2.60. The first kappa shape index (κ1) is 10.3. The van der Waals surface area contributed by atoms with Crippen molar-refractivity contribution in [2.45, 2.75) is 13.8 Å². The van der Waals surface area contributed by atoms with Gasteiger partial charge in [0.25, 0.3) is 0 Å². The average Bonchev–Trinajstić information content (AvgIpc) is 2.55. The van der Waals surface area contributed by atoms with E-state index in [1.54, 1.807) is 11.3 Å². The van der Waals surface area contributed by atoms with Crippen molar-refractivity contribution in [3.05, 3.63) is 23.3 Å². The third-order valence-electron chi connectivity index (χ3n) is 2.17. The molecule has 78 valence electrons. The summed E-state index contributed by atoms with van der Waals surface area (Å²) in [5.41, 5.74) is 8.83. The molecule has 0 saturated heterocycles. The van der Waals surface area contributed by atoms with E-state index in [-0.39, 0.29) is 5.11 Å². The monoisotopic (exact) mass is 237 g/mol. The van der Waals surface area contributed by atoms with Crippen molar-refractivity contribution in [2.75, 3.05) is 5.32 Å². The molecule has 0 saturated carbocycles. The zero-order valence-electron chi connectivity index (χ0n) is 8.50. The first-order chi connectivity index (χ1) is 7.08. The Morgan fingerprint density at radius 1 is 1.40 bits per heavy atom. The molecule has 2 aromatic rings. The number of hydrogen-bond donors (Lipinski definition) is 2. The van der Waals surface area contributed by atoms with Crippen molar-refractivity contribution in [3.8, 4) is 0 Å². The van der Waals surface area contributed by atoms with E-state index in [0.717, 1.165) is 10.6 Å². The van der Waals surface area contributed by atoms with Crippen LogP contribution in [0.1, 0.15) is 11.1 Å². The van der Waals surface area contributed by atoms with Gasteiger partial charge in [0.15, 0.2) is 10.2 Å². The molecule has 0 atom stereocenters. The SMILES string of the molecule is Cc1ccc(C)c2sc(NC(N)=S)nc12. The second-order valence-corrected chi connectivity index (χ2v) is 4.82. The van der Waals surface area contributed by atoms with Crippen molar-refractivity contribution in [2.24, 2.45) is 5.73 Å². The highest BCUT2D eigenvalue weighted by molar-refractivity contribution is 7.80. The lowest BCUT2D eigenvalue weighted by Crippen LogP contribution is -2.18. The molecule has 5 heteroatoms. The molecule has 3 N–H and O–H groups in total. The number of anilines is 1. The van der Waals surface area contributed by atoms with E-state index in [4.69, 9.17) is 18.0 Å². The fraction of sp³-hybridized carbons (Fsp3) is 0.200. The van der Waals surface area contributed by atoms with Crippen LogP contribution in [0.5, 0.6) is 0 Å². The lowest BCUT2D eigenvalue weighted by atomic mass is 10.1.